The lowest BCUT2D eigenvalue weighted by molar-refractivity contribution is 0.209. The SMILES string of the molecule is C/C=C(\N)OCCC. The molecule has 0 aliphatic carbocycles. The average molecular weight is 115 g/mol. The van der Waals surface area contributed by atoms with Gasteiger partial charge in [0.2, 0.25) is 0 Å². The van der Waals surface area contributed by atoms with Gasteiger partial charge < -0.3 is 10.5 Å². The molecule has 0 bridgehead atoms. The van der Waals surface area contributed by atoms with Gasteiger partial charge in [-0.15, -0.1) is 0 Å². The zero-order valence-corrected chi connectivity index (χ0v) is 5.48. The molecule has 0 amide bonds. The molecule has 2 nitrogen and oxygen atoms in total. The Labute approximate surface area is 50.3 Å². The zero-order chi connectivity index (χ0) is 6.41. The fraction of sp³-hybridized carbons (Fsp3) is 0.667. The summed E-state index contributed by atoms with van der Waals surface area (Å²) >= 11 is 0. The van der Waals surface area contributed by atoms with Crippen molar-refractivity contribution in [3.05, 3.63) is 12.0 Å². The first kappa shape index (κ1) is 7.34. The Hall–Kier alpha value is -0.660. The van der Waals surface area contributed by atoms with E-state index in [1.807, 2.05) is 13.8 Å². The van der Waals surface area contributed by atoms with Gasteiger partial charge in [0, 0.05) is 0 Å². The minimum atomic E-state index is 0.520. The fourth-order valence-electron chi connectivity index (χ4n) is 0.303. The van der Waals surface area contributed by atoms with Gasteiger partial charge in [-0.3, -0.25) is 0 Å². The first-order valence-electron chi connectivity index (χ1n) is 2.85. The van der Waals surface area contributed by atoms with Gasteiger partial charge in [-0.05, 0) is 19.4 Å². The highest BCUT2D eigenvalue weighted by Crippen LogP contribution is 1.87. The van der Waals surface area contributed by atoms with Crippen molar-refractivity contribution in [1.82, 2.24) is 0 Å². The number of hydrogen-bond donors (Lipinski definition) is 1. The Morgan fingerprint density at radius 2 is 2.38 bits per heavy atom. The van der Waals surface area contributed by atoms with Gasteiger partial charge in [-0.25, -0.2) is 0 Å². The minimum absolute atomic E-state index is 0.520. The molecule has 0 unspecified atom stereocenters. The largest absolute Gasteiger partial charge is 0.480 e. The molecule has 0 atom stereocenters. The van der Waals surface area contributed by atoms with E-state index >= 15 is 0 Å². The zero-order valence-electron chi connectivity index (χ0n) is 5.48. The summed E-state index contributed by atoms with van der Waals surface area (Å²) in [5.74, 6) is 0.520. The van der Waals surface area contributed by atoms with E-state index in [1.165, 1.54) is 0 Å². The van der Waals surface area contributed by atoms with Crippen molar-refractivity contribution in [2.75, 3.05) is 6.61 Å². The highest BCUT2D eigenvalue weighted by atomic mass is 16.5. The highest BCUT2D eigenvalue weighted by Gasteiger charge is 1.82. The van der Waals surface area contributed by atoms with Crippen molar-refractivity contribution in [2.24, 2.45) is 5.73 Å². The van der Waals surface area contributed by atoms with Crippen molar-refractivity contribution < 1.29 is 4.74 Å². The van der Waals surface area contributed by atoms with Crippen molar-refractivity contribution >= 4 is 0 Å². The Morgan fingerprint density at radius 1 is 1.75 bits per heavy atom. The maximum atomic E-state index is 5.30. The summed E-state index contributed by atoms with van der Waals surface area (Å²) in [4.78, 5) is 0. The molecule has 8 heavy (non-hydrogen) atoms. The monoisotopic (exact) mass is 115 g/mol. The molecule has 0 radical (unpaired) electrons. The molecule has 0 heterocycles. The fourth-order valence-corrected chi connectivity index (χ4v) is 0.303. The third-order valence-electron chi connectivity index (χ3n) is 0.757. The van der Waals surface area contributed by atoms with Gasteiger partial charge in [0.25, 0.3) is 0 Å². The van der Waals surface area contributed by atoms with Gasteiger partial charge in [-0.2, -0.15) is 0 Å². The number of allylic oxidation sites excluding steroid dienone is 1. The molecule has 0 fully saturated rings. The molecule has 0 aliphatic heterocycles. The Balaban J connectivity index is 3.12. The second-order valence-electron chi connectivity index (χ2n) is 1.54. The lowest BCUT2D eigenvalue weighted by Gasteiger charge is -2.00. The maximum Gasteiger partial charge on any atom is 0.179 e. The number of ether oxygens (including phenoxy) is 1. The van der Waals surface area contributed by atoms with E-state index < -0.39 is 0 Å². The van der Waals surface area contributed by atoms with Gasteiger partial charge in [0.1, 0.15) is 0 Å². The summed E-state index contributed by atoms with van der Waals surface area (Å²) in [6, 6.07) is 0. The lowest BCUT2D eigenvalue weighted by Crippen LogP contribution is -2.02. The molecular weight excluding hydrogens is 102 g/mol. The molecule has 0 aromatic heterocycles. The summed E-state index contributed by atoms with van der Waals surface area (Å²) in [5.41, 5.74) is 5.30. The topological polar surface area (TPSA) is 35.2 Å². The molecule has 0 aromatic carbocycles. The van der Waals surface area contributed by atoms with Crippen LogP contribution in [0.3, 0.4) is 0 Å². The van der Waals surface area contributed by atoms with Crippen LogP contribution in [0.5, 0.6) is 0 Å². The second kappa shape index (κ2) is 4.50. The van der Waals surface area contributed by atoms with Crippen LogP contribution in [0.25, 0.3) is 0 Å². The molecule has 2 heteroatoms. The van der Waals surface area contributed by atoms with Crippen molar-refractivity contribution in [3.63, 3.8) is 0 Å². The van der Waals surface area contributed by atoms with Gasteiger partial charge in [0.15, 0.2) is 5.88 Å². The molecule has 0 aromatic rings. The Kier molecular flexibility index (Phi) is 4.13. The quantitative estimate of drug-likeness (QED) is 0.561. The average Bonchev–Trinajstić information content (AvgIpc) is 1.83. The van der Waals surface area contributed by atoms with E-state index in [4.69, 9.17) is 10.5 Å². The van der Waals surface area contributed by atoms with E-state index in [2.05, 4.69) is 0 Å². The standard InChI is InChI=1S/C6H13NO/c1-3-5-8-6(7)4-2/h4H,3,5,7H2,1-2H3/b6-4+. The lowest BCUT2D eigenvalue weighted by atomic mass is 10.5. The van der Waals surface area contributed by atoms with E-state index in [9.17, 15) is 0 Å². The van der Waals surface area contributed by atoms with Gasteiger partial charge >= 0.3 is 0 Å². The summed E-state index contributed by atoms with van der Waals surface area (Å²) in [5, 5.41) is 0. The summed E-state index contributed by atoms with van der Waals surface area (Å²) in [6.07, 6.45) is 2.75. The van der Waals surface area contributed by atoms with E-state index in [0.29, 0.717) is 5.88 Å². The van der Waals surface area contributed by atoms with E-state index in [-0.39, 0.29) is 0 Å². The van der Waals surface area contributed by atoms with Crippen molar-refractivity contribution in [1.29, 1.82) is 0 Å². The Morgan fingerprint density at radius 3 is 2.75 bits per heavy atom. The Bertz CT molecular complexity index is 78.6. The maximum absolute atomic E-state index is 5.30. The van der Waals surface area contributed by atoms with Crippen molar-refractivity contribution in [3.8, 4) is 0 Å². The van der Waals surface area contributed by atoms with Gasteiger partial charge in [-0.1, -0.05) is 6.92 Å². The van der Waals surface area contributed by atoms with Crippen LogP contribution in [0.1, 0.15) is 20.3 Å². The smallest absolute Gasteiger partial charge is 0.179 e. The molecule has 0 saturated heterocycles. The van der Waals surface area contributed by atoms with Crippen molar-refractivity contribution in [2.45, 2.75) is 20.3 Å². The molecular formula is C6H13NO. The first-order chi connectivity index (χ1) is 3.81. The first-order valence-corrected chi connectivity index (χ1v) is 2.85. The molecule has 0 rings (SSSR count). The van der Waals surface area contributed by atoms with E-state index in [1.54, 1.807) is 6.08 Å². The molecule has 0 aliphatic rings. The normalized spacial score (nSPS) is 11.5. The van der Waals surface area contributed by atoms with Crippen LogP contribution < -0.4 is 5.73 Å². The van der Waals surface area contributed by atoms with Crippen LogP contribution in [0.15, 0.2) is 12.0 Å². The highest BCUT2D eigenvalue weighted by molar-refractivity contribution is 4.81. The number of hydrogen-bond acceptors (Lipinski definition) is 2. The van der Waals surface area contributed by atoms with Crippen LogP contribution in [-0.2, 0) is 4.74 Å². The van der Waals surface area contributed by atoms with Crippen LogP contribution in [0, 0.1) is 0 Å². The van der Waals surface area contributed by atoms with Crippen LogP contribution >= 0.6 is 0 Å². The number of nitrogens with two attached hydrogens (primary N) is 1. The molecule has 0 saturated carbocycles. The third-order valence-corrected chi connectivity index (χ3v) is 0.757. The summed E-state index contributed by atoms with van der Waals surface area (Å²) in [7, 11) is 0. The van der Waals surface area contributed by atoms with Gasteiger partial charge in [0.05, 0.1) is 6.61 Å². The molecule has 0 spiro atoms. The van der Waals surface area contributed by atoms with E-state index in [0.717, 1.165) is 13.0 Å². The predicted molar refractivity (Wildman–Crippen MR) is 34.2 cm³/mol. The summed E-state index contributed by atoms with van der Waals surface area (Å²) in [6.45, 7) is 4.62. The van der Waals surface area contributed by atoms with Crippen LogP contribution in [0.2, 0.25) is 0 Å². The number of rotatable bonds is 3. The summed E-state index contributed by atoms with van der Waals surface area (Å²) < 4.78 is 4.98. The molecule has 48 valence electrons. The van der Waals surface area contributed by atoms with Crippen LogP contribution in [0.4, 0.5) is 0 Å². The predicted octanol–water partition coefficient (Wildman–Crippen LogP) is 1.23. The minimum Gasteiger partial charge on any atom is -0.480 e. The van der Waals surface area contributed by atoms with Crippen LogP contribution in [-0.4, -0.2) is 6.61 Å². The third kappa shape index (κ3) is 3.53. The second-order valence-corrected chi connectivity index (χ2v) is 1.54. The molecule has 2 N–H and O–H groups in total.